The summed E-state index contributed by atoms with van der Waals surface area (Å²) in [6.45, 7) is -0.00761. The summed E-state index contributed by atoms with van der Waals surface area (Å²) in [5.74, 6) is -0.170. The van der Waals surface area contributed by atoms with Crippen LogP contribution in [0.1, 0.15) is 5.69 Å². The summed E-state index contributed by atoms with van der Waals surface area (Å²) in [6.07, 6.45) is -6.13. The number of alkyl halides is 3. The summed E-state index contributed by atoms with van der Waals surface area (Å²) in [4.78, 5) is 6.81. The predicted molar refractivity (Wildman–Crippen MR) is 65.3 cm³/mol. The van der Waals surface area contributed by atoms with Gasteiger partial charge in [0.1, 0.15) is 18.0 Å². The third kappa shape index (κ3) is 3.59. The molecular formula is C11H15F3N4O3. The molecule has 2 rings (SSSR count). The van der Waals surface area contributed by atoms with Gasteiger partial charge in [0.05, 0.1) is 31.1 Å². The molecule has 0 bridgehead atoms. The molecule has 1 saturated heterocycles. The van der Waals surface area contributed by atoms with E-state index in [-0.39, 0.29) is 19.0 Å². The molecule has 2 heterocycles. The number of aliphatic hydroxyl groups excluding tert-OH is 2. The van der Waals surface area contributed by atoms with E-state index < -0.39 is 36.2 Å². The van der Waals surface area contributed by atoms with Gasteiger partial charge in [0, 0.05) is 6.54 Å². The van der Waals surface area contributed by atoms with Crippen molar-refractivity contribution in [2.75, 3.05) is 18.5 Å². The van der Waals surface area contributed by atoms with E-state index in [2.05, 4.69) is 15.3 Å². The Morgan fingerprint density at radius 1 is 1.33 bits per heavy atom. The van der Waals surface area contributed by atoms with Crippen LogP contribution in [0.5, 0.6) is 0 Å². The summed E-state index contributed by atoms with van der Waals surface area (Å²) in [5, 5.41) is 22.2. The normalized spacial score (nSPS) is 30.2. The number of ether oxygens (including phenoxy) is 1. The van der Waals surface area contributed by atoms with Gasteiger partial charge in [-0.1, -0.05) is 0 Å². The lowest BCUT2D eigenvalue weighted by atomic mass is 9.98. The number of hydrogen-bond acceptors (Lipinski definition) is 7. The fourth-order valence-electron chi connectivity index (χ4n) is 1.98. The predicted octanol–water partition coefficient (Wildman–Crippen LogP) is -0.645. The maximum atomic E-state index is 12.5. The van der Waals surface area contributed by atoms with Crippen LogP contribution < -0.4 is 11.1 Å². The van der Waals surface area contributed by atoms with E-state index in [4.69, 9.17) is 10.5 Å². The van der Waals surface area contributed by atoms with Crippen molar-refractivity contribution in [2.24, 2.45) is 5.73 Å². The van der Waals surface area contributed by atoms with E-state index in [1.54, 1.807) is 0 Å². The molecule has 1 aromatic heterocycles. The highest BCUT2D eigenvalue weighted by Gasteiger charge is 2.38. The maximum absolute atomic E-state index is 12.5. The molecule has 0 aliphatic carbocycles. The van der Waals surface area contributed by atoms with Crippen molar-refractivity contribution in [2.45, 2.75) is 30.5 Å². The number of halogens is 3. The second kappa shape index (κ2) is 6.10. The molecule has 7 nitrogen and oxygen atoms in total. The molecule has 4 unspecified atom stereocenters. The first-order valence-electron chi connectivity index (χ1n) is 6.16. The van der Waals surface area contributed by atoms with Crippen molar-refractivity contribution in [3.63, 3.8) is 0 Å². The summed E-state index contributed by atoms with van der Waals surface area (Å²) < 4.78 is 42.8. The largest absolute Gasteiger partial charge is 0.434 e. The lowest BCUT2D eigenvalue weighted by molar-refractivity contribution is -0.141. The molecule has 0 spiro atoms. The van der Waals surface area contributed by atoms with Gasteiger partial charge < -0.3 is 26.0 Å². The minimum Gasteiger partial charge on any atom is -0.388 e. The van der Waals surface area contributed by atoms with Crippen LogP contribution in [0.25, 0.3) is 0 Å². The molecular weight excluding hydrogens is 293 g/mol. The monoisotopic (exact) mass is 308 g/mol. The maximum Gasteiger partial charge on any atom is 0.434 e. The molecule has 1 aromatic rings. The van der Waals surface area contributed by atoms with E-state index in [0.29, 0.717) is 6.20 Å². The second-order valence-corrected chi connectivity index (χ2v) is 4.63. The molecule has 118 valence electrons. The third-order valence-corrected chi connectivity index (χ3v) is 3.12. The fourth-order valence-corrected chi connectivity index (χ4v) is 1.98. The molecule has 0 aromatic carbocycles. The number of nitrogens with two attached hydrogens (primary N) is 1. The van der Waals surface area contributed by atoms with Crippen LogP contribution >= 0.6 is 0 Å². The van der Waals surface area contributed by atoms with Crippen LogP contribution in [-0.2, 0) is 10.9 Å². The van der Waals surface area contributed by atoms with Crippen molar-refractivity contribution < 1.29 is 28.1 Å². The van der Waals surface area contributed by atoms with Gasteiger partial charge in [0.2, 0.25) is 0 Å². The van der Waals surface area contributed by atoms with Crippen molar-refractivity contribution in [1.82, 2.24) is 9.97 Å². The van der Waals surface area contributed by atoms with Gasteiger partial charge in [-0.25, -0.2) is 4.98 Å². The molecule has 0 radical (unpaired) electrons. The van der Waals surface area contributed by atoms with Gasteiger partial charge in [-0.15, -0.1) is 0 Å². The Labute approximate surface area is 118 Å². The first kappa shape index (κ1) is 15.9. The van der Waals surface area contributed by atoms with Gasteiger partial charge in [-0.05, 0) is 0 Å². The Hall–Kier alpha value is -1.49. The SMILES string of the molecule is NCC1OCC(Nc2cncc(C(F)(F)F)n2)C(O)C1O. The Morgan fingerprint density at radius 3 is 2.67 bits per heavy atom. The van der Waals surface area contributed by atoms with E-state index in [9.17, 15) is 23.4 Å². The molecule has 5 N–H and O–H groups in total. The minimum absolute atomic E-state index is 0.0221. The lowest BCUT2D eigenvalue weighted by Gasteiger charge is -2.37. The number of aromatic nitrogens is 2. The van der Waals surface area contributed by atoms with Crippen LogP contribution in [0, 0.1) is 0 Å². The summed E-state index contributed by atoms with van der Waals surface area (Å²) >= 11 is 0. The minimum atomic E-state index is -4.61. The van der Waals surface area contributed by atoms with Gasteiger partial charge in [-0.2, -0.15) is 13.2 Å². The van der Waals surface area contributed by atoms with Gasteiger partial charge in [-0.3, -0.25) is 4.98 Å². The lowest BCUT2D eigenvalue weighted by Crippen LogP contribution is -2.57. The van der Waals surface area contributed by atoms with Gasteiger partial charge in [0.15, 0.2) is 5.69 Å². The first-order chi connectivity index (χ1) is 9.82. The van der Waals surface area contributed by atoms with Crippen molar-refractivity contribution in [3.05, 3.63) is 18.1 Å². The molecule has 0 saturated carbocycles. The highest BCUT2D eigenvalue weighted by Crippen LogP contribution is 2.28. The van der Waals surface area contributed by atoms with Crippen LogP contribution in [0.2, 0.25) is 0 Å². The number of anilines is 1. The molecule has 1 aliphatic rings. The molecule has 10 heteroatoms. The molecule has 1 aliphatic heterocycles. The van der Waals surface area contributed by atoms with Crippen LogP contribution in [0.15, 0.2) is 12.4 Å². The molecule has 0 amide bonds. The number of nitrogens with one attached hydrogen (secondary N) is 1. The third-order valence-electron chi connectivity index (χ3n) is 3.12. The first-order valence-corrected chi connectivity index (χ1v) is 6.16. The average molecular weight is 308 g/mol. The van der Waals surface area contributed by atoms with Crippen molar-refractivity contribution in [3.8, 4) is 0 Å². The van der Waals surface area contributed by atoms with Crippen LogP contribution in [0.4, 0.5) is 19.0 Å². The second-order valence-electron chi connectivity index (χ2n) is 4.63. The highest BCUT2D eigenvalue weighted by atomic mass is 19.4. The van der Waals surface area contributed by atoms with E-state index in [1.165, 1.54) is 0 Å². The van der Waals surface area contributed by atoms with Crippen LogP contribution in [-0.4, -0.2) is 57.7 Å². The summed E-state index contributed by atoms with van der Waals surface area (Å²) in [6, 6.07) is -0.819. The smallest absolute Gasteiger partial charge is 0.388 e. The Balaban J connectivity index is 2.08. The quantitative estimate of drug-likeness (QED) is 0.587. The van der Waals surface area contributed by atoms with Gasteiger partial charge in [0.25, 0.3) is 0 Å². The molecule has 21 heavy (non-hydrogen) atoms. The summed E-state index contributed by atoms with van der Waals surface area (Å²) in [5.41, 5.74) is 4.20. The zero-order valence-electron chi connectivity index (χ0n) is 10.8. The van der Waals surface area contributed by atoms with Crippen LogP contribution in [0.3, 0.4) is 0 Å². The number of nitrogens with zero attached hydrogens (tertiary/aromatic N) is 2. The van der Waals surface area contributed by atoms with Crippen molar-refractivity contribution in [1.29, 1.82) is 0 Å². The number of hydrogen-bond donors (Lipinski definition) is 4. The number of rotatable bonds is 3. The topological polar surface area (TPSA) is 114 Å². The number of aliphatic hydroxyl groups is 2. The highest BCUT2D eigenvalue weighted by molar-refractivity contribution is 5.34. The molecule has 1 fully saturated rings. The van der Waals surface area contributed by atoms with E-state index >= 15 is 0 Å². The van der Waals surface area contributed by atoms with Crippen molar-refractivity contribution >= 4 is 5.82 Å². The molecule has 4 atom stereocenters. The zero-order valence-corrected chi connectivity index (χ0v) is 10.8. The van der Waals surface area contributed by atoms with E-state index in [1.807, 2.05) is 0 Å². The Bertz CT molecular complexity index is 488. The standard InChI is InChI=1S/C11H15F3N4O3/c12-11(13,14)7-2-16-3-8(18-7)17-5-4-21-6(1-15)10(20)9(5)19/h2-3,5-6,9-10,19-20H,1,4,15H2,(H,17,18). The average Bonchev–Trinajstić information content (AvgIpc) is 2.44. The zero-order chi connectivity index (χ0) is 15.6. The van der Waals surface area contributed by atoms with Gasteiger partial charge >= 0.3 is 6.18 Å². The fraction of sp³-hybridized carbons (Fsp3) is 0.636. The summed E-state index contributed by atoms with van der Waals surface area (Å²) in [7, 11) is 0. The Kier molecular flexibility index (Phi) is 4.61. The Morgan fingerprint density at radius 2 is 2.05 bits per heavy atom. The van der Waals surface area contributed by atoms with E-state index in [0.717, 1.165) is 6.20 Å².